The molecule has 2 rings (SSSR count). The topological polar surface area (TPSA) is 60.2 Å². The van der Waals surface area contributed by atoms with Crippen LogP contribution in [-0.2, 0) is 9.84 Å². The lowest BCUT2D eigenvalue weighted by atomic mass is 10.0. The highest BCUT2D eigenvalue weighted by Crippen LogP contribution is 2.31. The molecule has 0 saturated carbocycles. The van der Waals surface area contributed by atoms with Gasteiger partial charge in [-0.2, -0.15) is 0 Å². The molecule has 0 amide bonds. The Balaban J connectivity index is 2.67. The molecule has 0 radical (unpaired) electrons. The van der Waals surface area contributed by atoms with Gasteiger partial charge in [-0.15, -0.1) is 0 Å². The van der Waals surface area contributed by atoms with Crippen LogP contribution < -0.4 is 0 Å². The van der Waals surface area contributed by atoms with Gasteiger partial charge >= 0.3 is 0 Å². The van der Waals surface area contributed by atoms with Gasteiger partial charge in [-0.3, -0.25) is 0 Å². The SMILES string of the molecule is Cc1ccc(-c2c(C)noc2C)cc1S(=O)(=O)C(C)C. The third-order valence-electron chi connectivity index (χ3n) is 3.44. The number of sulfone groups is 1. The molecule has 1 heterocycles. The van der Waals surface area contributed by atoms with Crippen LogP contribution in [0, 0.1) is 20.8 Å². The molecule has 108 valence electrons. The zero-order chi connectivity index (χ0) is 15.1. The van der Waals surface area contributed by atoms with Crippen LogP contribution in [-0.4, -0.2) is 18.8 Å². The number of aromatic nitrogens is 1. The van der Waals surface area contributed by atoms with Crippen molar-refractivity contribution in [3.8, 4) is 11.1 Å². The molecular weight excluding hydrogens is 274 g/mol. The van der Waals surface area contributed by atoms with E-state index in [0.29, 0.717) is 10.7 Å². The molecule has 0 fully saturated rings. The highest BCUT2D eigenvalue weighted by atomic mass is 32.2. The van der Waals surface area contributed by atoms with Gasteiger partial charge in [0.25, 0.3) is 0 Å². The van der Waals surface area contributed by atoms with Crippen LogP contribution >= 0.6 is 0 Å². The van der Waals surface area contributed by atoms with Crippen LogP contribution in [0.25, 0.3) is 11.1 Å². The first-order valence-electron chi connectivity index (χ1n) is 6.53. The smallest absolute Gasteiger partial charge is 0.180 e. The van der Waals surface area contributed by atoms with Crippen LogP contribution in [0.15, 0.2) is 27.6 Å². The summed E-state index contributed by atoms with van der Waals surface area (Å²) in [6.45, 7) is 8.87. The van der Waals surface area contributed by atoms with Crippen molar-refractivity contribution in [1.82, 2.24) is 5.16 Å². The zero-order valence-corrected chi connectivity index (χ0v) is 13.2. The van der Waals surface area contributed by atoms with E-state index >= 15 is 0 Å². The van der Waals surface area contributed by atoms with Crippen molar-refractivity contribution in [2.75, 3.05) is 0 Å². The average Bonchev–Trinajstić information content (AvgIpc) is 2.70. The van der Waals surface area contributed by atoms with Crippen molar-refractivity contribution < 1.29 is 12.9 Å². The summed E-state index contributed by atoms with van der Waals surface area (Å²) in [4.78, 5) is 0.380. The molecule has 20 heavy (non-hydrogen) atoms. The van der Waals surface area contributed by atoms with E-state index in [2.05, 4.69) is 5.16 Å². The van der Waals surface area contributed by atoms with Gasteiger partial charge in [0.1, 0.15) is 5.76 Å². The normalized spacial score (nSPS) is 12.1. The van der Waals surface area contributed by atoms with E-state index in [4.69, 9.17) is 4.52 Å². The minimum Gasteiger partial charge on any atom is -0.361 e. The van der Waals surface area contributed by atoms with E-state index in [0.717, 1.165) is 22.4 Å². The lowest BCUT2D eigenvalue weighted by Crippen LogP contribution is -2.15. The maximum Gasteiger partial charge on any atom is 0.180 e. The second-order valence-corrected chi connectivity index (χ2v) is 7.75. The van der Waals surface area contributed by atoms with Crippen LogP contribution in [0.1, 0.15) is 30.9 Å². The third-order valence-corrected chi connectivity index (χ3v) is 5.73. The summed E-state index contributed by atoms with van der Waals surface area (Å²) in [6.07, 6.45) is 0. The standard InChI is InChI=1S/C15H19NO3S/c1-9(2)20(17,18)14-8-13(7-6-10(14)3)15-11(4)16-19-12(15)5/h6-9H,1-5H3. The van der Waals surface area contributed by atoms with Crippen molar-refractivity contribution in [2.24, 2.45) is 0 Å². The van der Waals surface area contributed by atoms with Gasteiger partial charge in [0.2, 0.25) is 0 Å². The Hall–Kier alpha value is -1.62. The minimum atomic E-state index is -3.30. The molecule has 1 aromatic carbocycles. The molecule has 0 atom stereocenters. The van der Waals surface area contributed by atoms with Crippen LogP contribution in [0.2, 0.25) is 0 Å². The van der Waals surface area contributed by atoms with Crippen molar-refractivity contribution in [3.05, 3.63) is 35.2 Å². The van der Waals surface area contributed by atoms with Crippen molar-refractivity contribution in [3.63, 3.8) is 0 Å². The monoisotopic (exact) mass is 293 g/mol. The number of hydrogen-bond donors (Lipinski definition) is 0. The molecule has 0 unspecified atom stereocenters. The van der Waals surface area contributed by atoms with Crippen molar-refractivity contribution in [2.45, 2.75) is 44.8 Å². The lowest BCUT2D eigenvalue weighted by molar-refractivity contribution is 0.393. The van der Waals surface area contributed by atoms with E-state index in [9.17, 15) is 8.42 Å². The van der Waals surface area contributed by atoms with Gasteiger partial charge in [-0.05, 0) is 51.8 Å². The molecule has 4 nitrogen and oxygen atoms in total. The first-order valence-corrected chi connectivity index (χ1v) is 8.07. The molecule has 2 aromatic rings. The number of aryl methyl sites for hydroxylation is 3. The molecule has 0 aliphatic carbocycles. The first kappa shape index (κ1) is 14.8. The Morgan fingerprint density at radius 2 is 1.80 bits per heavy atom. The summed E-state index contributed by atoms with van der Waals surface area (Å²) in [5.41, 5.74) is 3.21. The van der Waals surface area contributed by atoms with E-state index < -0.39 is 15.1 Å². The molecule has 0 aliphatic heterocycles. The van der Waals surface area contributed by atoms with Crippen LogP contribution in [0.5, 0.6) is 0 Å². The second-order valence-electron chi connectivity index (χ2n) is 5.27. The Labute approximate surface area is 119 Å². The predicted molar refractivity (Wildman–Crippen MR) is 78.5 cm³/mol. The molecule has 5 heteroatoms. The lowest BCUT2D eigenvalue weighted by Gasteiger charge is -2.12. The van der Waals surface area contributed by atoms with Crippen LogP contribution in [0.3, 0.4) is 0 Å². The van der Waals surface area contributed by atoms with Gasteiger partial charge in [-0.1, -0.05) is 17.3 Å². The zero-order valence-electron chi connectivity index (χ0n) is 12.4. The number of nitrogens with zero attached hydrogens (tertiary/aromatic N) is 1. The average molecular weight is 293 g/mol. The fourth-order valence-electron chi connectivity index (χ4n) is 2.21. The van der Waals surface area contributed by atoms with Crippen LogP contribution in [0.4, 0.5) is 0 Å². The Bertz CT molecular complexity index is 723. The molecular formula is C15H19NO3S. The summed E-state index contributed by atoms with van der Waals surface area (Å²) in [6, 6.07) is 5.45. The molecule has 1 aromatic heterocycles. The first-order chi connectivity index (χ1) is 9.25. The maximum absolute atomic E-state index is 12.4. The van der Waals surface area contributed by atoms with Crippen molar-refractivity contribution in [1.29, 1.82) is 0 Å². The highest BCUT2D eigenvalue weighted by Gasteiger charge is 2.23. The van der Waals surface area contributed by atoms with E-state index in [1.165, 1.54) is 0 Å². The largest absolute Gasteiger partial charge is 0.361 e. The third kappa shape index (κ3) is 2.38. The van der Waals surface area contributed by atoms with E-state index in [1.807, 2.05) is 32.9 Å². The maximum atomic E-state index is 12.4. The van der Waals surface area contributed by atoms with E-state index in [-0.39, 0.29) is 0 Å². The van der Waals surface area contributed by atoms with E-state index in [1.54, 1.807) is 19.9 Å². The van der Waals surface area contributed by atoms with Gasteiger partial charge in [0.15, 0.2) is 9.84 Å². The summed E-state index contributed by atoms with van der Waals surface area (Å²) < 4.78 is 30.0. The molecule has 0 N–H and O–H groups in total. The second kappa shape index (κ2) is 5.05. The fourth-order valence-corrected chi connectivity index (χ4v) is 3.53. The Morgan fingerprint density at radius 1 is 1.15 bits per heavy atom. The number of hydrogen-bond acceptors (Lipinski definition) is 4. The summed E-state index contributed by atoms with van der Waals surface area (Å²) in [7, 11) is -3.30. The molecule has 0 bridgehead atoms. The Kier molecular flexibility index (Phi) is 3.73. The molecule has 0 saturated heterocycles. The van der Waals surface area contributed by atoms with Gasteiger partial charge in [0, 0.05) is 5.56 Å². The minimum absolute atomic E-state index is 0.380. The van der Waals surface area contributed by atoms with Gasteiger partial charge < -0.3 is 4.52 Å². The quantitative estimate of drug-likeness (QED) is 0.869. The molecule has 0 aliphatic rings. The van der Waals surface area contributed by atoms with Gasteiger partial charge in [0.05, 0.1) is 15.8 Å². The van der Waals surface area contributed by atoms with Crippen molar-refractivity contribution >= 4 is 9.84 Å². The summed E-state index contributed by atoms with van der Waals surface area (Å²) in [5.74, 6) is 0.694. The number of benzene rings is 1. The predicted octanol–water partition coefficient (Wildman–Crippen LogP) is 3.45. The highest BCUT2D eigenvalue weighted by molar-refractivity contribution is 7.92. The number of rotatable bonds is 3. The summed E-state index contributed by atoms with van der Waals surface area (Å²) in [5, 5.41) is 3.47. The Morgan fingerprint density at radius 3 is 2.30 bits per heavy atom. The molecule has 0 spiro atoms. The fraction of sp³-hybridized carbons (Fsp3) is 0.400. The summed E-state index contributed by atoms with van der Waals surface area (Å²) >= 11 is 0. The van der Waals surface area contributed by atoms with Gasteiger partial charge in [-0.25, -0.2) is 8.42 Å².